The van der Waals surface area contributed by atoms with Gasteiger partial charge < -0.3 is 19.4 Å². The van der Waals surface area contributed by atoms with Crippen LogP contribution in [0, 0.1) is 0 Å². The smallest absolute Gasteiger partial charge is 0.238 e. The third-order valence-corrected chi connectivity index (χ3v) is 5.55. The minimum Gasteiger partial charge on any atom is -0.490 e. The molecular formula is C24H27ClN4O3. The molecular weight excluding hydrogens is 428 g/mol. The zero-order valence-corrected chi connectivity index (χ0v) is 18.8. The third kappa shape index (κ3) is 5.81. The Kier molecular flexibility index (Phi) is 7.29. The molecule has 1 amide bonds. The van der Waals surface area contributed by atoms with Crippen LogP contribution in [-0.4, -0.2) is 40.1 Å². The topological polar surface area (TPSA) is 68.6 Å². The van der Waals surface area contributed by atoms with Gasteiger partial charge in [0.25, 0.3) is 0 Å². The first-order valence-corrected chi connectivity index (χ1v) is 11.1. The number of nitrogens with one attached hydrogen (secondary N) is 1. The number of aromatic nitrogens is 2. The van der Waals surface area contributed by atoms with Crippen LogP contribution in [0.4, 0.5) is 5.69 Å². The van der Waals surface area contributed by atoms with Gasteiger partial charge in [-0.2, -0.15) is 0 Å². The molecule has 7 nitrogen and oxygen atoms in total. The van der Waals surface area contributed by atoms with E-state index in [1.165, 1.54) is 0 Å². The zero-order chi connectivity index (χ0) is 22.3. The highest BCUT2D eigenvalue weighted by atomic mass is 35.5. The number of aryl methyl sites for hydroxylation is 1. The van der Waals surface area contributed by atoms with Crippen molar-refractivity contribution in [3.63, 3.8) is 0 Å². The van der Waals surface area contributed by atoms with E-state index in [2.05, 4.69) is 15.2 Å². The number of rotatable bonds is 2. The SMILES string of the molecule is Cn1ccnc1CN1CCCCCOc2ccccc2Oc2ccc(Cl)cc2NC(=O)C1. The van der Waals surface area contributed by atoms with Crippen LogP contribution in [-0.2, 0) is 18.4 Å². The summed E-state index contributed by atoms with van der Waals surface area (Å²) in [6.07, 6.45) is 6.56. The lowest BCUT2D eigenvalue weighted by molar-refractivity contribution is -0.117. The molecule has 3 aromatic rings. The first-order chi connectivity index (χ1) is 15.6. The first kappa shape index (κ1) is 22.2. The second-order valence-electron chi connectivity index (χ2n) is 7.81. The zero-order valence-electron chi connectivity index (χ0n) is 18.1. The summed E-state index contributed by atoms with van der Waals surface area (Å²) in [6, 6.07) is 12.7. The van der Waals surface area contributed by atoms with Crippen LogP contribution >= 0.6 is 11.6 Å². The Balaban J connectivity index is 1.58. The molecule has 1 aromatic heterocycles. The average molecular weight is 455 g/mol. The van der Waals surface area contributed by atoms with Gasteiger partial charge in [-0.15, -0.1) is 0 Å². The van der Waals surface area contributed by atoms with Crippen molar-refractivity contribution in [3.05, 3.63) is 65.7 Å². The van der Waals surface area contributed by atoms with Crippen molar-refractivity contribution in [2.45, 2.75) is 25.8 Å². The molecule has 2 heterocycles. The maximum absolute atomic E-state index is 13.0. The minimum absolute atomic E-state index is 0.134. The summed E-state index contributed by atoms with van der Waals surface area (Å²) < 4.78 is 14.1. The highest BCUT2D eigenvalue weighted by molar-refractivity contribution is 6.31. The third-order valence-electron chi connectivity index (χ3n) is 5.31. The number of hydrogen-bond donors (Lipinski definition) is 1. The Bertz CT molecular complexity index is 1070. The quantitative estimate of drug-likeness (QED) is 0.598. The van der Waals surface area contributed by atoms with Crippen molar-refractivity contribution in [2.75, 3.05) is 25.0 Å². The predicted molar refractivity (Wildman–Crippen MR) is 124 cm³/mol. The van der Waals surface area contributed by atoms with Crippen molar-refractivity contribution in [2.24, 2.45) is 7.05 Å². The fourth-order valence-corrected chi connectivity index (χ4v) is 3.79. The summed E-state index contributed by atoms with van der Waals surface area (Å²) in [5, 5.41) is 3.48. The van der Waals surface area contributed by atoms with E-state index in [0.29, 0.717) is 41.1 Å². The van der Waals surface area contributed by atoms with Gasteiger partial charge >= 0.3 is 0 Å². The Morgan fingerprint density at radius 1 is 1.09 bits per heavy atom. The van der Waals surface area contributed by atoms with E-state index < -0.39 is 0 Å². The maximum atomic E-state index is 13.0. The molecule has 0 bridgehead atoms. The predicted octanol–water partition coefficient (Wildman–Crippen LogP) is 4.87. The van der Waals surface area contributed by atoms with Crippen molar-refractivity contribution >= 4 is 23.2 Å². The van der Waals surface area contributed by atoms with Crippen molar-refractivity contribution in [1.82, 2.24) is 14.5 Å². The molecule has 0 spiro atoms. The molecule has 0 radical (unpaired) electrons. The summed E-state index contributed by atoms with van der Waals surface area (Å²) in [5.74, 6) is 2.55. The van der Waals surface area contributed by atoms with E-state index >= 15 is 0 Å². The van der Waals surface area contributed by atoms with Crippen molar-refractivity contribution in [1.29, 1.82) is 0 Å². The van der Waals surface area contributed by atoms with Gasteiger partial charge in [0.15, 0.2) is 17.2 Å². The Labute approximate surface area is 192 Å². The van der Waals surface area contributed by atoms with Gasteiger partial charge in [-0.3, -0.25) is 9.69 Å². The highest BCUT2D eigenvalue weighted by Gasteiger charge is 2.17. The molecule has 0 aliphatic carbocycles. The number of ether oxygens (including phenoxy) is 2. The van der Waals surface area contributed by atoms with E-state index in [1.54, 1.807) is 24.4 Å². The molecule has 0 saturated heterocycles. The molecule has 1 aliphatic heterocycles. The van der Waals surface area contributed by atoms with Crippen LogP contribution < -0.4 is 14.8 Å². The van der Waals surface area contributed by atoms with E-state index in [0.717, 1.165) is 31.6 Å². The maximum Gasteiger partial charge on any atom is 0.238 e. The lowest BCUT2D eigenvalue weighted by Crippen LogP contribution is -2.34. The largest absolute Gasteiger partial charge is 0.490 e. The van der Waals surface area contributed by atoms with Gasteiger partial charge in [0.2, 0.25) is 5.91 Å². The summed E-state index contributed by atoms with van der Waals surface area (Å²) in [5.41, 5.74) is 0.518. The summed E-state index contributed by atoms with van der Waals surface area (Å²) >= 11 is 6.21. The van der Waals surface area contributed by atoms with Crippen LogP contribution in [0.15, 0.2) is 54.9 Å². The molecule has 8 heteroatoms. The Hall–Kier alpha value is -3.03. The van der Waals surface area contributed by atoms with Crippen LogP contribution in [0.25, 0.3) is 0 Å². The molecule has 2 aromatic carbocycles. The fraction of sp³-hybridized carbons (Fsp3) is 0.333. The molecule has 32 heavy (non-hydrogen) atoms. The highest BCUT2D eigenvalue weighted by Crippen LogP contribution is 2.36. The number of para-hydroxylation sites is 2. The minimum atomic E-state index is -0.134. The average Bonchev–Trinajstić information content (AvgIpc) is 3.17. The number of imidazole rings is 1. The number of carbonyl (C=O) groups is 1. The second kappa shape index (κ2) is 10.5. The number of nitrogens with zero attached hydrogens (tertiary/aromatic N) is 3. The summed E-state index contributed by atoms with van der Waals surface area (Å²) in [4.78, 5) is 19.5. The number of amides is 1. The van der Waals surface area contributed by atoms with Crippen LogP contribution in [0.3, 0.4) is 0 Å². The number of fused-ring (bicyclic) bond motifs is 2. The molecule has 4 rings (SSSR count). The number of carbonyl (C=O) groups excluding carboxylic acids is 1. The fourth-order valence-electron chi connectivity index (χ4n) is 3.61. The standard InChI is InChI=1S/C24H27ClN4O3/c1-28-13-11-26-23(28)16-29-12-5-2-6-14-31-21-7-3-4-8-22(21)32-20-10-9-18(25)15-19(20)27-24(30)17-29/h3-4,7-11,13,15H,2,5-6,12,14,16-17H2,1H3,(H,27,30). The molecule has 0 unspecified atom stereocenters. The lowest BCUT2D eigenvalue weighted by Gasteiger charge is -2.22. The van der Waals surface area contributed by atoms with Gasteiger partial charge in [-0.1, -0.05) is 23.7 Å². The van der Waals surface area contributed by atoms with Gasteiger partial charge in [0, 0.05) is 24.5 Å². The van der Waals surface area contributed by atoms with Gasteiger partial charge in [0.1, 0.15) is 5.82 Å². The molecule has 0 atom stereocenters. The van der Waals surface area contributed by atoms with E-state index in [4.69, 9.17) is 21.1 Å². The van der Waals surface area contributed by atoms with Gasteiger partial charge in [-0.25, -0.2) is 4.98 Å². The summed E-state index contributed by atoms with van der Waals surface area (Å²) in [7, 11) is 1.96. The summed E-state index contributed by atoms with van der Waals surface area (Å²) in [6.45, 7) is 2.23. The van der Waals surface area contributed by atoms with E-state index in [1.807, 2.05) is 42.1 Å². The van der Waals surface area contributed by atoms with Gasteiger partial charge in [0.05, 0.1) is 25.4 Å². The van der Waals surface area contributed by atoms with E-state index in [9.17, 15) is 4.79 Å². The molecule has 1 aliphatic rings. The van der Waals surface area contributed by atoms with E-state index in [-0.39, 0.29) is 12.5 Å². The lowest BCUT2D eigenvalue weighted by atomic mass is 10.2. The number of anilines is 1. The van der Waals surface area contributed by atoms with Crippen LogP contribution in [0.1, 0.15) is 25.1 Å². The molecule has 0 saturated carbocycles. The van der Waals surface area contributed by atoms with Crippen molar-refractivity contribution < 1.29 is 14.3 Å². The molecule has 0 fully saturated rings. The molecule has 168 valence electrons. The van der Waals surface area contributed by atoms with Crippen molar-refractivity contribution in [3.8, 4) is 17.2 Å². The Morgan fingerprint density at radius 3 is 2.75 bits per heavy atom. The number of hydrogen-bond acceptors (Lipinski definition) is 5. The van der Waals surface area contributed by atoms with Crippen LogP contribution in [0.2, 0.25) is 5.02 Å². The monoisotopic (exact) mass is 454 g/mol. The first-order valence-electron chi connectivity index (χ1n) is 10.8. The van der Waals surface area contributed by atoms with Crippen LogP contribution in [0.5, 0.6) is 17.2 Å². The number of benzene rings is 2. The normalized spacial score (nSPS) is 15.9. The number of halogens is 1. The molecule has 1 N–H and O–H groups in total. The Morgan fingerprint density at radius 2 is 1.94 bits per heavy atom. The van der Waals surface area contributed by atoms with Gasteiger partial charge in [-0.05, 0) is 56.1 Å². The second-order valence-corrected chi connectivity index (χ2v) is 8.25.